The number of rotatable bonds is 2. The van der Waals surface area contributed by atoms with E-state index in [0.29, 0.717) is 0 Å². The van der Waals surface area contributed by atoms with Crippen molar-refractivity contribution >= 4 is 5.69 Å². The van der Waals surface area contributed by atoms with Crippen LogP contribution in [0.1, 0.15) is 17.5 Å². The smallest absolute Gasteiger partial charge is 0.0316 e. The summed E-state index contributed by atoms with van der Waals surface area (Å²) >= 11 is 0. The maximum atomic E-state index is 5.82. The van der Waals surface area contributed by atoms with Gasteiger partial charge in [0.15, 0.2) is 0 Å². The van der Waals surface area contributed by atoms with E-state index in [1.165, 1.54) is 36.9 Å². The minimum absolute atomic E-state index is 0.800. The summed E-state index contributed by atoms with van der Waals surface area (Å²) in [5, 5.41) is 0. The lowest BCUT2D eigenvalue weighted by Crippen LogP contribution is -2.26. The Kier molecular flexibility index (Phi) is 2.96. The Balaban J connectivity index is 2.11. The lowest BCUT2D eigenvalue weighted by Gasteiger charge is -2.27. The van der Waals surface area contributed by atoms with E-state index in [-0.39, 0.29) is 0 Å². The Morgan fingerprint density at radius 3 is 2.87 bits per heavy atom. The number of nitrogens with zero attached hydrogens (tertiary/aromatic N) is 1. The van der Waals surface area contributed by atoms with E-state index in [0.717, 1.165) is 11.6 Å². The minimum Gasteiger partial charge on any atom is -0.399 e. The zero-order valence-electron chi connectivity index (χ0n) is 9.66. The van der Waals surface area contributed by atoms with Crippen LogP contribution in [0.5, 0.6) is 0 Å². The maximum Gasteiger partial charge on any atom is 0.0316 e. The van der Waals surface area contributed by atoms with Gasteiger partial charge in [-0.2, -0.15) is 0 Å². The molecule has 0 heterocycles. The Hall–Kier alpha value is -1.02. The van der Waals surface area contributed by atoms with E-state index in [9.17, 15) is 0 Å². The number of benzene rings is 1. The SMILES string of the molecule is CN(C)CC1CCc2ccc(N)cc2C1. The van der Waals surface area contributed by atoms with Crippen LogP contribution in [-0.4, -0.2) is 25.5 Å². The van der Waals surface area contributed by atoms with Crippen molar-refractivity contribution in [1.29, 1.82) is 0 Å². The second-order valence-corrected chi connectivity index (χ2v) is 4.90. The summed E-state index contributed by atoms with van der Waals surface area (Å²) in [5.74, 6) is 0.800. The molecule has 15 heavy (non-hydrogen) atoms. The highest BCUT2D eigenvalue weighted by Gasteiger charge is 2.18. The van der Waals surface area contributed by atoms with Crippen molar-refractivity contribution < 1.29 is 0 Å². The molecule has 0 aliphatic heterocycles. The molecule has 82 valence electrons. The van der Waals surface area contributed by atoms with Gasteiger partial charge in [-0.3, -0.25) is 0 Å². The molecule has 0 amide bonds. The van der Waals surface area contributed by atoms with Gasteiger partial charge in [0, 0.05) is 12.2 Å². The number of hydrogen-bond donors (Lipinski definition) is 1. The second kappa shape index (κ2) is 4.23. The highest BCUT2D eigenvalue weighted by Crippen LogP contribution is 2.27. The molecule has 1 aliphatic rings. The molecule has 1 aromatic rings. The molecule has 0 bridgehead atoms. The van der Waals surface area contributed by atoms with Gasteiger partial charge >= 0.3 is 0 Å². The van der Waals surface area contributed by atoms with Crippen molar-refractivity contribution in [2.75, 3.05) is 26.4 Å². The molecule has 0 saturated heterocycles. The predicted molar refractivity (Wildman–Crippen MR) is 64.9 cm³/mol. The van der Waals surface area contributed by atoms with Gasteiger partial charge < -0.3 is 10.6 Å². The van der Waals surface area contributed by atoms with Crippen LogP contribution in [0, 0.1) is 5.92 Å². The molecule has 0 spiro atoms. The molecular weight excluding hydrogens is 184 g/mol. The Morgan fingerprint density at radius 1 is 1.33 bits per heavy atom. The average Bonchev–Trinajstić information content (AvgIpc) is 2.16. The van der Waals surface area contributed by atoms with Crippen molar-refractivity contribution in [3.8, 4) is 0 Å². The van der Waals surface area contributed by atoms with Crippen molar-refractivity contribution in [1.82, 2.24) is 4.90 Å². The molecule has 0 aromatic heterocycles. The third kappa shape index (κ3) is 2.51. The summed E-state index contributed by atoms with van der Waals surface area (Å²) in [5.41, 5.74) is 9.69. The van der Waals surface area contributed by atoms with E-state index in [2.05, 4.69) is 31.1 Å². The summed E-state index contributed by atoms with van der Waals surface area (Å²) in [6, 6.07) is 6.36. The highest BCUT2D eigenvalue weighted by atomic mass is 15.1. The molecule has 1 aliphatic carbocycles. The standard InChI is InChI=1S/C13H20N2/c1-15(2)9-10-3-4-11-5-6-13(14)8-12(11)7-10/h5-6,8,10H,3-4,7,9,14H2,1-2H3. The first-order valence-corrected chi connectivity index (χ1v) is 5.67. The van der Waals surface area contributed by atoms with E-state index in [1.54, 1.807) is 0 Å². The largest absolute Gasteiger partial charge is 0.399 e. The van der Waals surface area contributed by atoms with E-state index in [1.807, 2.05) is 6.07 Å². The van der Waals surface area contributed by atoms with Crippen molar-refractivity contribution in [3.63, 3.8) is 0 Å². The second-order valence-electron chi connectivity index (χ2n) is 4.90. The third-order valence-corrected chi connectivity index (χ3v) is 3.18. The number of anilines is 1. The lowest BCUT2D eigenvalue weighted by atomic mass is 9.83. The van der Waals surface area contributed by atoms with Crippen LogP contribution in [0.25, 0.3) is 0 Å². The quantitative estimate of drug-likeness (QED) is 0.746. The molecule has 1 atom stereocenters. The normalized spacial score (nSPS) is 20.3. The number of fused-ring (bicyclic) bond motifs is 1. The minimum atomic E-state index is 0.800. The van der Waals surface area contributed by atoms with Gasteiger partial charge in [-0.15, -0.1) is 0 Å². The van der Waals surface area contributed by atoms with Crippen molar-refractivity contribution in [2.24, 2.45) is 5.92 Å². The first-order chi connectivity index (χ1) is 7.15. The Labute approximate surface area is 92.1 Å². The summed E-state index contributed by atoms with van der Waals surface area (Å²) in [6.45, 7) is 1.19. The molecule has 2 N–H and O–H groups in total. The lowest BCUT2D eigenvalue weighted by molar-refractivity contribution is 0.303. The van der Waals surface area contributed by atoms with Crippen LogP contribution in [-0.2, 0) is 12.8 Å². The van der Waals surface area contributed by atoms with Gasteiger partial charge in [0.1, 0.15) is 0 Å². The zero-order chi connectivity index (χ0) is 10.8. The zero-order valence-corrected chi connectivity index (χ0v) is 9.66. The van der Waals surface area contributed by atoms with Gasteiger partial charge in [-0.25, -0.2) is 0 Å². The molecule has 0 radical (unpaired) electrons. The average molecular weight is 204 g/mol. The Bertz CT molecular complexity index is 344. The van der Waals surface area contributed by atoms with Gasteiger partial charge in [-0.05, 0) is 62.5 Å². The molecule has 2 rings (SSSR count). The fourth-order valence-corrected chi connectivity index (χ4v) is 2.52. The van der Waals surface area contributed by atoms with Gasteiger partial charge in [0.25, 0.3) is 0 Å². The molecule has 0 fully saturated rings. The maximum absolute atomic E-state index is 5.82. The van der Waals surface area contributed by atoms with Gasteiger partial charge in [-0.1, -0.05) is 6.07 Å². The Morgan fingerprint density at radius 2 is 2.13 bits per heavy atom. The fraction of sp³-hybridized carbons (Fsp3) is 0.538. The van der Waals surface area contributed by atoms with Gasteiger partial charge in [0.05, 0.1) is 0 Å². The van der Waals surface area contributed by atoms with Crippen LogP contribution in [0.4, 0.5) is 5.69 Å². The monoisotopic (exact) mass is 204 g/mol. The van der Waals surface area contributed by atoms with E-state index < -0.39 is 0 Å². The molecular formula is C13H20N2. The molecule has 2 heteroatoms. The molecule has 1 aromatic carbocycles. The number of nitrogen functional groups attached to an aromatic ring is 1. The third-order valence-electron chi connectivity index (χ3n) is 3.18. The number of nitrogens with two attached hydrogens (primary N) is 1. The van der Waals surface area contributed by atoms with Crippen molar-refractivity contribution in [2.45, 2.75) is 19.3 Å². The van der Waals surface area contributed by atoms with E-state index in [4.69, 9.17) is 5.73 Å². The fourth-order valence-electron chi connectivity index (χ4n) is 2.52. The van der Waals surface area contributed by atoms with Crippen LogP contribution >= 0.6 is 0 Å². The summed E-state index contributed by atoms with van der Waals surface area (Å²) in [6.07, 6.45) is 3.72. The first kappa shape index (κ1) is 10.5. The highest BCUT2D eigenvalue weighted by molar-refractivity contribution is 5.45. The van der Waals surface area contributed by atoms with Crippen LogP contribution in [0.15, 0.2) is 18.2 Å². The van der Waals surface area contributed by atoms with Crippen LogP contribution in [0.3, 0.4) is 0 Å². The molecule has 1 unspecified atom stereocenters. The predicted octanol–water partition coefficient (Wildman–Crippen LogP) is 1.94. The summed E-state index contributed by atoms with van der Waals surface area (Å²) in [7, 11) is 4.30. The van der Waals surface area contributed by atoms with Crippen molar-refractivity contribution in [3.05, 3.63) is 29.3 Å². The number of aryl methyl sites for hydroxylation is 1. The first-order valence-electron chi connectivity index (χ1n) is 5.67. The summed E-state index contributed by atoms with van der Waals surface area (Å²) in [4.78, 5) is 2.28. The topological polar surface area (TPSA) is 29.3 Å². The molecule has 2 nitrogen and oxygen atoms in total. The van der Waals surface area contributed by atoms with Crippen LogP contribution < -0.4 is 5.73 Å². The van der Waals surface area contributed by atoms with Gasteiger partial charge in [0.2, 0.25) is 0 Å². The van der Waals surface area contributed by atoms with E-state index >= 15 is 0 Å². The summed E-state index contributed by atoms with van der Waals surface area (Å²) < 4.78 is 0. The van der Waals surface area contributed by atoms with Crippen LogP contribution in [0.2, 0.25) is 0 Å². The number of hydrogen-bond acceptors (Lipinski definition) is 2. The molecule has 0 saturated carbocycles.